The average Bonchev–Trinajstić information content (AvgIpc) is 2.64. The maximum Gasteiger partial charge on any atom is 0.425 e. The van der Waals surface area contributed by atoms with Crippen molar-refractivity contribution >= 4 is 17.5 Å². The van der Waals surface area contributed by atoms with Gasteiger partial charge in [-0.15, -0.1) is 0 Å². The summed E-state index contributed by atoms with van der Waals surface area (Å²) in [5, 5.41) is 8.90. The summed E-state index contributed by atoms with van der Waals surface area (Å²) < 4.78 is 49.3. The van der Waals surface area contributed by atoms with Gasteiger partial charge in [-0.3, -0.25) is 4.79 Å². The molecule has 1 saturated heterocycles. The fourth-order valence-electron chi connectivity index (χ4n) is 2.73. The van der Waals surface area contributed by atoms with E-state index in [1.54, 1.807) is 12.1 Å². The molecule has 9 heteroatoms. The first-order valence-electron chi connectivity index (χ1n) is 8.67. The fourth-order valence-corrected chi connectivity index (χ4v) is 3.01. The number of para-hydroxylation sites is 1. The summed E-state index contributed by atoms with van der Waals surface area (Å²) in [4.78, 5) is 14.3. The third kappa shape index (κ3) is 4.57. The summed E-state index contributed by atoms with van der Waals surface area (Å²) in [6, 6.07) is 13.2. The van der Waals surface area contributed by atoms with E-state index in [-0.39, 0.29) is 41.1 Å². The van der Waals surface area contributed by atoms with Gasteiger partial charge in [-0.1, -0.05) is 29.8 Å². The van der Waals surface area contributed by atoms with Crippen LogP contribution in [0.25, 0.3) is 0 Å². The Balaban J connectivity index is 1.78. The molecule has 1 fully saturated rings. The minimum Gasteiger partial charge on any atom is -0.487 e. The summed E-state index contributed by atoms with van der Waals surface area (Å²) in [6.07, 6.45) is -7.02. The molecule has 0 aliphatic carbocycles. The predicted octanol–water partition coefficient (Wildman–Crippen LogP) is 4.44. The zero-order chi connectivity index (χ0) is 21.2. The molecule has 1 atom stereocenters. The molecule has 2 aromatic carbocycles. The van der Waals surface area contributed by atoms with Crippen LogP contribution in [0.1, 0.15) is 22.8 Å². The first kappa shape index (κ1) is 20.8. The molecule has 0 aromatic heterocycles. The third-order valence-corrected chi connectivity index (χ3v) is 4.78. The second-order valence-corrected chi connectivity index (χ2v) is 6.85. The minimum absolute atomic E-state index is 0.0281. The highest BCUT2D eigenvalue weighted by Crippen LogP contribution is 2.35. The molecule has 2 aromatic rings. The van der Waals surface area contributed by atoms with Gasteiger partial charge in [-0.2, -0.15) is 18.4 Å². The number of carbonyl (C=O) groups excluding carboxylic acids is 1. The standard InChI is InChI=1S/C20H16ClF3N2O3/c1-12(20(22,23)24)28-16-8-7-13(9-25)18(21)17(16)19(27)26-10-15(11-26)29-14-5-3-2-4-6-14/h2-8,12,15H,10-11H2,1H3/t12-/m0/s1. The number of halogens is 4. The minimum atomic E-state index is -4.62. The smallest absolute Gasteiger partial charge is 0.425 e. The lowest BCUT2D eigenvalue weighted by atomic mass is 10.0. The zero-order valence-corrected chi connectivity index (χ0v) is 16.0. The maximum atomic E-state index is 12.9. The number of rotatable bonds is 5. The molecular weight excluding hydrogens is 409 g/mol. The Morgan fingerprint density at radius 3 is 2.48 bits per heavy atom. The summed E-state index contributed by atoms with van der Waals surface area (Å²) >= 11 is 6.14. The van der Waals surface area contributed by atoms with Crippen molar-refractivity contribution in [1.82, 2.24) is 4.90 Å². The Kier molecular flexibility index (Phi) is 5.89. The van der Waals surface area contributed by atoms with Crippen LogP contribution in [-0.4, -0.2) is 42.3 Å². The van der Waals surface area contributed by atoms with E-state index in [0.29, 0.717) is 5.75 Å². The Morgan fingerprint density at radius 1 is 1.24 bits per heavy atom. The number of benzene rings is 2. The van der Waals surface area contributed by atoms with E-state index < -0.39 is 18.2 Å². The Labute approximate surface area is 170 Å². The van der Waals surface area contributed by atoms with Gasteiger partial charge in [0.15, 0.2) is 6.10 Å². The highest BCUT2D eigenvalue weighted by atomic mass is 35.5. The number of hydrogen-bond acceptors (Lipinski definition) is 4. The van der Waals surface area contributed by atoms with Crippen LogP contribution in [0.3, 0.4) is 0 Å². The molecular formula is C20H16ClF3N2O3. The van der Waals surface area contributed by atoms with E-state index in [9.17, 15) is 18.0 Å². The van der Waals surface area contributed by atoms with Crippen LogP contribution in [0.15, 0.2) is 42.5 Å². The van der Waals surface area contributed by atoms with E-state index in [2.05, 4.69) is 0 Å². The normalized spacial score (nSPS) is 15.2. The zero-order valence-electron chi connectivity index (χ0n) is 15.2. The number of carbonyl (C=O) groups is 1. The van der Waals surface area contributed by atoms with Crippen molar-refractivity contribution in [1.29, 1.82) is 5.26 Å². The van der Waals surface area contributed by atoms with Crippen LogP contribution in [0.2, 0.25) is 5.02 Å². The van der Waals surface area contributed by atoms with Gasteiger partial charge in [0.25, 0.3) is 5.91 Å². The molecule has 1 heterocycles. The van der Waals surface area contributed by atoms with E-state index in [4.69, 9.17) is 26.3 Å². The molecule has 0 unspecified atom stereocenters. The topological polar surface area (TPSA) is 62.6 Å². The summed E-state index contributed by atoms with van der Waals surface area (Å²) in [5.74, 6) is -0.294. The second kappa shape index (κ2) is 8.21. The van der Waals surface area contributed by atoms with Gasteiger partial charge in [0.1, 0.15) is 29.2 Å². The van der Waals surface area contributed by atoms with E-state index in [1.807, 2.05) is 24.3 Å². The second-order valence-electron chi connectivity index (χ2n) is 6.48. The largest absolute Gasteiger partial charge is 0.487 e. The summed E-state index contributed by atoms with van der Waals surface area (Å²) in [5.41, 5.74) is -0.292. The number of amides is 1. The fraction of sp³-hybridized carbons (Fsp3) is 0.300. The Bertz CT molecular complexity index is 938. The molecule has 0 spiro atoms. The van der Waals surface area contributed by atoms with Crippen LogP contribution in [-0.2, 0) is 0 Å². The molecule has 3 rings (SSSR count). The van der Waals surface area contributed by atoms with Crippen LogP contribution < -0.4 is 9.47 Å². The lowest BCUT2D eigenvalue weighted by Crippen LogP contribution is -2.56. The highest BCUT2D eigenvalue weighted by molar-refractivity contribution is 6.35. The molecule has 0 bridgehead atoms. The molecule has 1 aliphatic heterocycles. The lowest BCUT2D eigenvalue weighted by Gasteiger charge is -2.39. The third-order valence-electron chi connectivity index (χ3n) is 4.38. The van der Waals surface area contributed by atoms with Crippen molar-refractivity contribution in [3.05, 3.63) is 58.6 Å². The molecule has 0 radical (unpaired) electrons. The number of nitrogens with zero attached hydrogens (tertiary/aromatic N) is 2. The Morgan fingerprint density at radius 2 is 1.90 bits per heavy atom. The lowest BCUT2D eigenvalue weighted by molar-refractivity contribution is -0.189. The predicted molar refractivity (Wildman–Crippen MR) is 99.1 cm³/mol. The van der Waals surface area contributed by atoms with Gasteiger partial charge in [0.2, 0.25) is 0 Å². The van der Waals surface area contributed by atoms with Crippen molar-refractivity contribution in [2.75, 3.05) is 13.1 Å². The first-order valence-corrected chi connectivity index (χ1v) is 9.05. The number of likely N-dealkylation sites (tertiary alicyclic amines) is 1. The van der Waals surface area contributed by atoms with Crippen molar-refractivity contribution in [2.45, 2.75) is 25.3 Å². The van der Waals surface area contributed by atoms with Crippen LogP contribution >= 0.6 is 11.6 Å². The molecule has 152 valence electrons. The van der Waals surface area contributed by atoms with E-state index >= 15 is 0 Å². The summed E-state index contributed by atoms with van der Waals surface area (Å²) in [6.45, 7) is 1.29. The van der Waals surface area contributed by atoms with Crippen LogP contribution in [0, 0.1) is 11.3 Å². The first-order chi connectivity index (χ1) is 13.7. The number of nitriles is 1. The van der Waals surface area contributed by atoms with Gasteiger partial charge in [0.05, 0.1) is 23.7 Å². The van der Waals surface area contributed by atoms with Gasteiger partial charge >= 0.3 is 6.18 Å². The van der Waals surface area contributed by atoms with Crippen LogP contribution in [0.4, 0.5) is 13.2 Å². The maximum absolute atomic E-state index is 12.9. The molecule has 29 heavy (non-hydrogen) atoms. The average molecular weight is 425 g/mol. The van der Waals surface area contributed by atoms with Gasteiger partial charge in [0, 0.05) is 0 Å². The molecule has 5 nitrogen and oxygen atoms in total. The van der Waals surface area contributed by atoms with Crippen molar-refractivity contribution in [3.63, 3.8) is 0 Å². The molecule has 1 aliphatic rings. The molecule has 0 N–H and O–H groups in total. The van der Waals surface area contributed by atoms with Gasteiger partial charge in [-0.25, -0.2) is 0 Å². The Hall–Kier alpha value is -2.92. The number of ether oxygens (including phenoxy) is 2. The van der Waals surface area contributed by atoms with Crippen molar-refractivity contribution in [2.24, 2.45) is 0 Å². The monoisotopic (exact) mass is 424 g/mol. The summed E-state index contributed by atoms with van der Waals surface area (Å²) in [7, 11) is 0. The van der Waals surface area contributed by atoms with Crippen LogP contribution in [0.5, 0.6) is 11.5 Å². The highest BCUT2D eigenvalue weighted by Gasteiger charge is 2.40. The SMILES string of the molecule is C[C@H](Oc1ccc(C#N)c(Cl)c1C(=O)N1CC(Oc2ccccc2)C1)C(F)(F)F. The number of hydrogen-bond donors (Lipinski definition) is 0. The number of alkyl halides is 3. The molecule has 0 saturated carbocycles. The quantitative estimate of drug-likeness (QED) is 0.711. The molecule has 1 amide bonds. The van der Waals surface area contributed by atoms with Crippen molar-refractivity contribution in [3.8, 4) is 17.6 Å². The van der Waals surface area contributed by atoms with E-state index in [1.165, 1.54) is 11.0 Å². The van der Waals surface area contributed by atoms with Crippen molar-refractivity contribution < 1.29 is 27.4 Å². The van der Waals surface area contributed by atoms with Gasteiger partial charge in [-0.05, 0) is 31.2 Å². The van der Waals surface area contributed by atoms with Gasteiger partial charge < -0.3 is 14.4 Å². The van der Waals surface area contributed by atoms with E-state index in [0.717, 1.165) is 13.0 Å².